The van der Waals surface area contributed by atoms with E-state index in [0.29, 0.717) is 5.56 Å². The van der Waals surface area contributed by atoms with Crippen molar-refractivity contribution in [3.8, 4) is 0 Å². The number of hydrogen-bond acceptors (Lipinski definition) is 3. The van der Waals surface area contributed by atoms with Gasteiger partial charge in [-0.15, -0.1) is 0 Å². The number of nitrogens with zero attached hydrogens (tertiary/aromatic N) is 1. The topological polar surface area (TPSA) is 66.8 Å². The average Bonchev–Trinajstić information content (AvgIpc) is 2.38. The summed E-state index contributed by atoms with van der Waals surface area (Å²) in [5.74, 6) is -3.46. The standard InChI is InChI=1S/C13H15F2NO4/c1-20-8-12(17)16(5-4-13(18)19)7-9-2-3-10(14)11(15)6-9/h2-3,6H,4-5,7-8H2,1H3,(H,18,19). The summed E-state index contributed by atoms with van der Waals surface area (Å²) < 4.78 is 30.6. The van der Waals surface area contributed by atoms with Crippen LogP contribution in [0.25, 0.3) is 0 Å². The fraction of sp³-hybridized carbons (Fsp3) is 0.385. The predicted octanol–water partition coefficient (Wildman–Crippen LogP) is 1.41. The van der Waals surface area contributed by atoms with Crippen LogP contribution in [0.2, 0.25) is 0 Å². The Labute approximate surface area is 114 Å². The quantitative estimate of drug-likeness (QED) is 0.823. The summed E-state index contributed by atoms with van der Waals surface area (Å²) in [5.41, 5.74) is 0.374. The first-order valence-corrected chi connectivity index (χ1v) is 5.86. The number of carboxylic acids is 1. The van der Waals surface area contributed by atoms with Crippen LogP contribution in [0.1, 0.15) is 12.0 Å². The van der Waals surface area contributed by atoms with Crippen LogP contribution in [0, 0.1) is 11.6 Å². The van der Waals surface area contributed by atoms with Crippen molar-refractivity contribution in [3.05, 3.63) is 35.4 Å². The van der Waals surface area contributed by atoms with Gasteiger partial charge in [-0.3, -0.25) is 9.59 Å². The van der Waals surface area contributed by atoms with E-state index in [1.165, 1.54) is 18.1 Å². The lowest BCUT2D eigenvalue weighted by Crippen LogP contribution is -2.35. The molecular weight excluding hydrogens is 272 g/mol. The van der Waals surface area contributed by atoms with Crippen molar-refractivity contribution in [2.24, 2.45) is 0 Å². The molecule has 5 nitrogen and oxygen atoms in total. The molecule has 1 aromatic rings. The van der Waals surface area contributed by atoms with Crippen molar-refractivity contribution in [2.45, 2.75) is 13.0 Å². The number of hydrogen-bond donors (Lipinski definition) is 1. The van der Waals surface area contributed by atoms with Crippen molar-refractivity contribution in [1.82, 2.24) is 4.90 Å². The SMILES string of the molecule is COCC(=O)N(CCC(=O)O)Cc1ccc(F)c(F)c1. The Morgan fingerprint density at radius 2 is 2.00 bits per heavy atom. The molecule has 7 heteroatoms. The van der Waals surface area contributed by atoms with Gasteiger partial charge in [-0.2, -0.15) is 0 Å². The normalized spacial score (nSPS) is 10.3. The lowest BCUT2D eigenvalue weighted by molar-refractivity contribution is -0.140. The summed E-state index contributed by atoms with van der Waals surface area (Å²) in [7, 11) is 1.34. The predicted molar refractivity (Wildman–Crippen MR) is 65.9 cm³/mol. The van der Waals surface area contributed by atoms with Crippen molar-refractivity contribution in [2.75, 3.05) is 20.3 Å². The summed E-state index contributed by atoms with van der Waals surface area (Å²) in [6, 6.07) is 3.27. The third kappa shape index (κ3) is 4.93. The summed E-state index contributed by atoms with van der Waals surface area (Å²) in [6.07, 6.45) is -0.237. The van der Waals surface area contributed by atoms with E-state index in [0.717, 1.165) is 12.1 Å². The molecule has 0 radical (unpaired) electrons. The molecule has 1 aromatic carbocycles. The molecule has 0 aliphatic heterocycles. The van der Waals surface area contributed by atoms with Gasteiger partial charge >= 0.3 is 5.97 Å². The number of carbonyl (C=O) groups excluding carboxylic acids is 1. The molecule has 1 rings (SSSR count). The number of aliphatic carboxylic acids is 1. The smallest absolute Gasteiger partial charge is 0.305 e. The summed E-state index contributed by atoms with van der Waals surface area (Å²) in [4.78, 5) is 23.5. The second-order valence-corrected chi connectivity index (χ2v) is 4.14. The molecule has 1 amide bonds. The Bertz CT molecular complexity index is 493. The van der Waals surface area contributed by atoms with Gasteiger partial charge in [-0.1, -0.05) is 6.07 Å². The highest BCUT2D eigenvalue weighted by atomic mass is 19.2. The van der Waals surface area contributed by atoms with E-state index in [2.05, 4.69) is 0 Å². The Morgan fingerprint density at radius 3 is 2.55 bits per heavy atom. The van der Waals surface area contributed by atoms with Gasteiger partial charge in [0, 0.05) is 20.2 Å². The Balaban J connectivity index is 2.78. The van der Waals surface area contributed by atoms with Gasteiger partial charge in [0.1, 0.15) is 6.61 Å². The van der Waals surface area contributed by atoms with Gasteiger partial charge in [-0.25, -0.2) is 8.78 Å². The number of carboxylic acid groups (broad SMARTS) is 1. The molecule has 0 bridgehead atoms. The van der Waals surface area contributed by atoms with E-state index < -0.39 is 23.5 Å². The van der Waals surface area contributed by atoms with Gasteiger partial charge in [-0.05, 0) is 17.7 Å². The first-order chi connectivity index (χ1) is 9.43. The lowest BCUT2D eigenvalue weighted by Gasteiger charge is -2.21. The molecule has 0 saturated carbocycles. The largest absolute Gasteiger partial charge is 0.481 e. The van der Waals surface area contributed by atoms with Gasteiger partial charge in [0.2, 0.25) is 5.91 Å². The number of methoxy groups -OCH3 is 1. The number of benzene rings is 1. The minimum atomic E-state index is -1.05. The van der Waals surface area contributed by atoms with E-state index in [-0.39, 0.29) is 26.1 Å². The second kappa shape index (κ2) is 7.54. The molecule has 0 aromatic heterocycles. The van der Waals surface area contributed by atoms with Crippen LogP contribution in [-0.2, 0) is 20.9 Å². The summed E-state index contributed by atoms with van der Waals surface area (Å²) >= 11 is 0. The first kappa shape index (κ1) is 16.0. The molecule has 0 heterocycles. The Morgan fingerprint density at radius 1 is 1.30 bits per heavy atom. The molecule has 110 valence electrons. The summed E-state index contributed by atoms with van der Waals surface area (Å²) in [6.45, 7) is -0.244. The monoisotopic (exact) mass is 287 g/mol. The number of amides is 1. The molecule has 0 unspecified atom stereocenters. The molecule has 0 saturated heterocycles. The molecule has 0 atom stereocenters. The van der Waals surface area contributed by atoms with Gasteiger partial charge < -0.3 is 14.7 Å². The van der Waals surface area contributed by atoms with Gasteiger partial charge in [0.05, 0.1) is 6.42 Å². The van der Waals surface area contributed by atoms with Crippen LogP contribution in [0.4, 0.5) is 8.78 Å². The molecule has 1 N–H and O–H groups in total. The van der Waals surface area contributed by atoms with Crippen molar-refractivity contribution in [3.63, 3.8) is 0 Å². The zero-order chi connectivity index (χ0) is 15.1. The van der Waals surface area contributed by atoms with Crippen molar-refractivity contribution >= 4 is 11.9 Å². The zero-order valence-electron chi connectivity index (χ0n) is 10.9. The molecule has 0 aliphatic rings. The molecular formula is C13H15F2NO4. The molecule has 0 spiro atoms. The maximum absolute atomic E-state index is 13.1. The minimum absolute atomic E-state index is 0.00727. The van der Waals surface area contributed by atoms with Gasteiger partial charge in [0.15, 0.2) is 11.6 Å². The van der Waals surface area contributed by atoms with Crippen LogP contribution in [0.15, 0.2) is 18.2 Å². The third-order valence-electron chi connectivity index (χ3n) is 2.57. The van der Waals surface area contributed by atoms with E-state index >= 15 is 0 Å². The first-order valence-electron chi connectivity index (χ1n) is 5.86. The maximum atomic E-state index is 13.1. The second-order valence-electron chi connectivity index (χ2n) is 4.14. The van der Waals surface area contributed by atoms with E-state index in [1.54, 1.807) is 0 Å². The molecule has 0 aliphatic carbocycles. The Kier molecular flexibility index (Phi) is 6.05. The molecule has 0 fully saturated rings. The minimum Gasteiger partial charge on any atom is -0.481 e. The maximum Gasteiger partial charge on any atom is 0.305 e. The molecule has 20 heavy (non-hydrogen) atoms. The number of carbonyl (C=O) groups is 2. The summed E-state index contributed by atoms with van der Waals surface area (Å²) in [5, 5.41) is 8.64. The fourth-order valence-electron chi connectivity index (χ4n) is 1.60. The van der Waals surface area contributed by atoms with E-state index in [1.807, 2.05) is 0 Å². The van der Waals surface area contributed by atoms with E-state index in [9.17, 15) is 18.4 Å². The van der Waals surface area contributed by atoms with Crippen molar-refractivity contribution in [1.29, 1.82) is 0 Å². The third-order valence-corrected chi connectivity index (χ3v) is 2.57. The Hall–Kier alpha value is -2.02. The van der Waals surface area contributed by atoms with Gasteiger partial charge in [0.25, 0.3) is 0 Å². The van der Waals surface area contributed by atoms with Crippen LogP contribution in [0.5, 0.6) is 0 Å². The number of ether oxygens (including phenoxy) is 1. The highest BCUT2D eigenvalue weighted by molar-refractivity contribution is 5.78. The van der Waals surface area contributed by atoms with Crippen LogP contribution >= 0.6 is 0 Å². The zero-order valence-corrected chi connectivity index (χ0v) is 10.9. The number of halogens is 2. The van der Waals surface area contributed by atoms with Crippen molar-refractivity contribution < 1.29 is 28.2 Å². The van der Waals surface area contributed by atoms with Crippen LogP contribution < -0.4 is 0 Å². The van der Waals surface area contributed by atoms with Crippen LogP contribution in [0.3, 0.4) is 0 Å². The highest BCUT2D eigenvalue weighted by Crippen LogP contribution is 2.11. The number of rotatable bonds is 7. The lowest BCUT2D eigenvalue weighted by atomic mass is 10.2. The average molecular weight is 287 g/mol. The fourth-order valence-corrected chi connectivity index (χ4v) is 1.60. The van der Waals surface area contributed by atoms with E-state index in [4.69, 9.17) is 9.84 Å². The highest BCUT2D eigenvalue weighted by Gasteiger charge is 2.16. The van der Waals surface area contributed by atoms with Crippen LogP contribution in [-0.4, -0.2) is 42.1 Å².